The molecule has 0 aromatic heterocycles. The highest BCUT2D eigenvalue weighted by atomic mass is 79.9. The first-order valence-corrected chi connectivity index (χ1v) is 5.65. The van der Waals surface area contributed by atoms with Gasteiger partial charge in [0.1, 0.15) is 0 Å². The molecule has 0 heterocycles. The summed E-state index contributed by atoms with van der Waals surface area (Å²) in [7, 11) is 0. The standard InChI is InChI=1S/C9H8BrCl2N/c10-5-1-3-6(4-2-5)13-9-7(11)8(9)12/h1-4,7-9,13H. The Kier molecular flexibility index (Phi) is 2.72. The van der Waals surface area contributed by atoms with Gasteiger partial charge in [-0.25, -0.2) is 0 Å². The van der Waals surface area contributed by atoms with E-state index in [9.17, 15) is 0 Å². The number of nitrogens with one attached hydrogen (secondary N) is 1. The zero-order chi connectivity index (χ0) is 9.42. The van der Waals surface area contributed by atoms with Gasteiger partial charge >= 0.3 is 0 Å². The first kappa shape index (κ1) is 9.63. The predicted octanol–water partition coefficient (Wildman–Crippen LogP) is 3.46. The van der Waals surface area contributed by atoms with Crippen molar-refractivity contribution in [1.82, 2.24) is 0 Å². The fourth-order valence-corrected chi connectivity index (χ4v) is 2.06. The zero-order valence-electron chi connectivity index (χ0n) is 6.68. The topological polar surface area (TPSA) is 12.0 Å². The van der Waals surface area contributed by atoms with E-state index in [2.05, 4.69) is 21.2 Å². The van der Waals surface area contributed by atoms with Gasteiger partial charge in [0.2, 0.25) is 0 Å². The molecule has 1 fully saturated rings. The molecule has 0 bridgehead atoms. The van der Waals surface area contributed by atoms with E-state index in [1.807, 2.05) is 24.3 Å². The average Bonchev–Trinajstić information content (AvgIpc) is 2.67. The summed E-state index contributed by atoms with van der Waals surface area (Å²) in [5.41, 5.74) is 1.06. The van der Waals surface area contributed by atoms with Gasteiger partial charge in [0, 0.05) is 10.2 Å². The second-order valence-corrected chi connectivity index (χ2v) is 4.99. The molecule has 13 heavy (non-hydrogen) atoms. The summed E-state index contributed by atoms with van der Waals surface area (Å²) in [5.74, 6) is 0. The van der Waals surface area contributed by atoms with Gasteiger partial charge in [0.05, 0.1) is 16.8 Å². The molecule has 0 amide bonds. The van der Waals surface area contributed by atoms with Crippen molar-refractivity contribution in [3.05, 3.63) is 28.7 Å². The van der Waals surface area contributed by atoms with Crippen LogP contribution in [0.5, 0.6) is 0 Å². The molecule has 1 aliphatic carbocycles. The van der Waals surface area contributed by atoms with Crippen molar-refractivity contribution in [3.63, 3.8) is 0 Å². The molecule has 1 saturated carbocycles. The van der Waals surface area contributed by atoms with E-state index >= 15 is 0 Å². The molecule has 1 aromatic carbocycles. The Balaban J connectivity index is 1.99. The minimum Gasteiger partial charge on any atom is -0.379 e. The molecular weight excluding hydrogens is 273 g/mol. The predicted molar refractivity (Wildman–Crippen MR) is 60.8 cm³/mol. The van der Waals surface area contributed by atoms with Gasteiger partial charge in [-0.2, -0.15) is 0 Å². The van der Waals surface area contributed by atoms with E-state index in [1.165, 1.54) is 0 Å². The summed E-state index contributed by atoms with van der Waals surface area (Å²) in [6, 6.07) is 8.17. The van der Waals surface area contributed by atoms with Crippen LogP contribution in [0, 0.1) is 0 Å². The molecule has 1 nitrogen and oxygen atoms in total. The number of anilines is 1. The summed E-state index contributed by atoms with van der Waals surface area (Å²) in [4.78, 5) is 0. The number of alkyl halides is 2. The molecule has 0 aliphatic heterocycles. The van der Waals surface area contributed by atoms with Crippen molar-refractivity contribution in [2.24, 2.45) is 0 Å². The number of rotatable bonds is 2. The number of benzene rings is 1. The highest BCUT2D eigenvalue weighted by molar-refractivity contribution is 9.10. The van der Waals surface area contributed by atoms with Gasteiger partial charge in [0.15, 0.2) is 0 Å². The second kappa shape index (κ2) is 3.68. The highest BCUT2D eigenvalue weighted by Gasteiger charge is 2.47. The molecule has 0 radical (unpaired) electrons. The van der Waals surface area contributed by atoms with E-state index < -0.39 is 0 Å². The Hall–Kier alpha value is 0.0800. The molecular formula is C9H8BrCl2N. The molecule has 0 saturated heterocycles. The zero-order valence-corrected chi connectivity index (χ0v) is 9.77. The molecule has 2 unspecified atom stereocenters. The normalized spacial score (nSPS) is 31.5. The van der Waals surface area contributed by atoms with E-state index in [4.69, 9.17) is 23.2 Å². The van der Waals surface area contributed by atoms with Crippen LogP contribution in [0.1, 0.15) is 0 Å². The molecule has 4 heteroatoms. The molecule has 1 aromatic rings. The summed E-state index contributed by atoms with van der Waals surface area (Å²) < 4.78 is 1.07. The summed E-state index contributed by atoms with van der Waals surface area (Å²) >= 11 is 15.1. The van der Waals surface area contributed by atoms with Crippen LogP contribution in [0.4, 0.5) is 5.69 Å². The van der Waals surface area contributed by atoms with Crippen molar-refractivity contribution < 1.29 is 0 Å². The maximum Gasteiger partial charge on any atom is 0.0736 e. The van der Waals surface area contributed by atoms with E-state index in [0.29, 0.717) is 0 Å². The Bertz CT molecular complexity index is 293. The quantitative estimate of drug-likeness (QED) is 0.818. The van der Waals surface area contributed by atoms with Gasteiger partial charge in [-0.1, -0.05) is 15.9 Å². The Morgan fingerprint density at radius 1 is 1.08 bits per heavy atom. The number of halogens is 3. The highest BCUT2D eigenvalue weighted by Crippen LogP contribution is 2.37. The molecule has 2 rings (SSSR count). The first-order chi connectivity index (χ1) is 6.18. The van der Waals surface area contributed by atoms with Crippen LogP contribution >= 0.6 is 39.1 Å². The van der Waals surface area contributed by atoms with Gasteiger partial charge in [-0.15, -0.1) is 23.2 Å². The maximum atomic E-state index is 5.88. The third-order valence-corrected chi connectivity index (χ3v) is 3.77. The van der Waals surface area contributed by atoms with Crippen molar-refractivity contribution in [3.8, 4) is 0 Å². The lowest BCUT2D eigenvalue weighted by molar-refractivity contribution is 1.16. The van der Waals surface area contributed by atoms with Gasteiger partial charge < -0.3 is 5.32 Å². The SMILES string of the molecule is ClC1C(Cl)C1Nc1ccc(Br)cc1. The Morgan fingerprint density at radius 2 is 1.62 bits per heavy atom. The molecule has 2 atom stereocenters. The fraction of sp³-hybridized carbons (Fsp3) is 0.333. The third kappa shape index (κ3) is 2.12. The second-order valence-electron chi connectivity index (χ2n) is 3.07. The van der Waals surface area contributed by atoms with Crippen LogP contribution in [0.15, 0.2) is 28.7 Å². The molecule has 0 spiro atoms. The van der Waals surface area contributed by atoms with Crippen LogP contribution in [0.2, 0.25) is 0 Å². The van der Waals surface area contributed by atoms with Crippen LogP contribution in [-0.4, -0.2) is 16.8 Å². The average molecular weight is 281 g/mol. The summed E-state index contributed by atoms with van der Waals surface area (Å²) in [5, 5.41) is 3.38. The van der Waals surface area contributed by atoms with Crippen molar-refractivity contribution >= 4 is 44.8 Å². The lowest BCUT2D eigenvalue weighted by Gasteiger charge is -2.03. The lowest BCUT2D eigenvalue weighted by atomic mass is 10.3. The van der Waals surface area contributed by atoms with Gasteiger partial charge in [-0.3, -0.25) is 0 Å². The summed E-state index contributed by atoms with van der Waals surface area (Å²) in [6.07, 6.45) is 0. The number of hydrogen-bond acceptors (Lipinski definition) is 1. The van der Waals surface area contributed by atoms with E-state index in [1.54, 1.807) is 0 Å². The van der Waals surface area contributed by atoms with Crippen molar-refractivity contribution in [2.45, 2.75) is 16.8 Å². The third-order valence-electron chi connectivity index (χ3n) is 2.03. The lowest BCUT2D eigenvalue weighted by Crippen LogP contribution is -2.05. The monoisotopic (exact) mass is 279 g/mol. The molecule has 1 aliphatic rings. The fourth-order valence-electron chi connectivity index (χ4n) is 1.14. The summed E-state index contributed by atoms with van der Waals surface area (Å²) in [6.45, 7) is 0. The van der Waals surface area contributed by atoms with Gasteiger partial charge in [-0.05, 0) is 24.3 Å². The minimum absolute atomic E-state index is 0.0605. The number of hydrogen-bond donors (Lipinski definition) is 1. The smallest absolute Gasteiger partial charge is 0.0736 e. The largest absolute Gasteiger partial charge is 0.379 e. The van der Waals surface area contributed by atoms with Crippen LogP contribution < -0.4 is 5.32 Å². The first-order valence-electron chi connectivity index (χ1n) is 3.99. The van der Waals surface area contributed by atoms with Gasteiger partial charge in [0.25, 0.3) is 0 Å². The Morgan fingerprint density at radius 3 is 2.08 bits per heavy atom. The van der Waals surface area contributed by atoms with E-state index in [-0.39, 0.29) is 16.8 Å². The molecule has 1 N–H and O–H groups in total. The Labute approximate surface area is 95.5 Å². The van der Waals surface area contributed by atoms with E-state index in [0.717, 1.165) is 10.2 Å². The van der Waals surface area contributed by atoms with Crippen LogP contribution in [-0.2, 0) is 0 Å². The minimum atomic E-state index is 0.0605. The van der Waals surface area contributed by atoms with Crippen molar-refractivity contribution in [1.29, 1.82) is 0 Å². The van der Waals surface area contributed by atoms with Crippen LogP contribution in [0.3, 0.4) is 0 Å². The van der Waals surface area contributed by atoms with Crippen LogP contribution in [0.25, 0.3) is 0 Å². The molecule has 70 valence electrons. The maximum absolute atomic E-state index is 5.88. The van der Waals surface area contributed by atoms with Crippen molar-refractivity contribution in [2.75, 3.05) is 5.32 Å².